The van der Waals surface area contributed by atoms with Gasteiger partial charge in [0, 0.05) is 14.2 Å². The normalized spacial score (nSPS) is 15.3. The van der Waals surface area contributed by atoms with Crippen LogP contribution in [0.5, 0.6) is 0 Å². The first-order valence-corrected chi connectivity index (χ1v) is 8.48. The number of fused-ring (bicyclic) bond motifs is 3. The molecule has 1 fully saturated rings. The summed E-state index contributed by atoms with van der Waals surface area (Å²) < 4.78 is 10.2. The van der Waals surface area contributed by atoms with Gasteiger partial charge in [-0.15, -0.1) is 9.78 Å². The van der Waals surface area contributed by atoms with Crippen molar-refractivity contribution in [3.8, 4) is 17.6 Å². The molecule has 0 spiro atoms. The second-order valence-electron chi connectivity index (χ2n) is 6.66. The van der Waals surface area contributed by atoms with Gasteiger partial charge in [0.05, 0.1) is 10.9 Å². The molecule has 0 N–H and O–H groups in total. The molecule has 1 aromatic carbocycles. The summed E-state index contributed by atoms with van der Waals surface area (Å²) in [5, 5.41) is 18.2. The van der Waals surface area contributed by atoms with Crippen molar-refractivity contribution in [1.82, 2.24) is 28.9 Å². The number of rotatable bonds is 3. The van der Waals surface area contributed by atoms with Gasteiger partial charge in [0.1, 0.15) is 34.7 Å². The zero-order chi connectivity index (χ0) is 18.8. The van der Waals surface area contributed by atoms with E-state index in [0.29, 0.717) is 28.1 Å². The Bertz CT molecular complexity index is 1320. The van der Waals surface area contributed by atoms with Crippen LogP contribution in [0.25, 0.3) is 27.9 Å². The lowest BCUT2D eigenvalue weighted by atomic mass is 10.1. The van der Waals surface area contributed by atoms with Crippen LogP contribution in [0.15, 0.2) is 35.4 Å². The van der Waals surface area contributed by atoms with Gasteiger partial charge in [0.25, 0.3) is 5.56 Å². The molecule has 0 aliphatic heterocycles. The summed E-state index contributed by atoms with van der Waals surface area (Å²) in [5.41, 5.74) is 2.19. The third-order valence-electron chi connectivity index (χ3n) is 5.27. The van der Waals surface area contributed by atoms with Gasteiger partial charge in [-0.3, -0.25) is 13.8 Å². The summed E-state index contributed by atoms with van der Waals surface area (Å²) in [7, 11) is 3.31. The molecular weight excluding hydrogens is 346 g/mol. The highest BCUT2D eigenvalue weighted by atomic mass is 16.5. The molecule has 0 radical (unpaired) electrons. The van der Waals surface area contributed by atoms with Crippen LogP contribution in [0.2, 0.25) is 0 Å². The van der Waals surface area contributed by atoms with Crippen LogP contribution < -0.4 is 5.56 Å². The number of nitriles is 1. The van der Waals surface area contributed by atoms with Crippen LogP contribution in [-0.4, -0.2) is 36.1 Å². The Kier molecular flexibility index (Phi) is 3.06. The minimum Gasteiger partial charge on any atom is -0.372 e. The number of nitrogens with zero attached hydrogens (tertiary/aromatic N) is 7. The highest BCUT2D eigenvalue weighted by Gasteiger charge is 2.50. The number of para-hydroxylation sites is 1. The van der Waals surface area contributed by atoms with E-state index < -0.39 is 5.60 Å². The smallest absolute Gasteiger partial charge is 0.261 e. The van der Waals surface area contributed by atoms with Crippen molar-refractivity contribution >= 4 is 16.6 Å². The zero-order valence-corrected chi connectivity index (χ0v) is 14.7. The molecule has 9 nitrogen and oxygen atoms in total. The van der Waals surface area contributed by atoms with Crippen LogP contribution in [0.3, 0.4) is 0 Å². The summed E-state index contributed by atoms with van der Waals surface area (Å²) in [4.78, 5) is 17.4. The molecule has 1 aliphatic rings. The number of hydrogen-bond acceptors (Lipinski definition) is 6. The predicted molar refractivity (Wildman–Crippen MR) is 95.9 cm³/mol. The number of ether oxygens (including phenoxy) is 1. The van der Waals surface area contributed by atoms with Gasteiger partial charge >= 0.3 is 0 Å². The Labute approximate surface area is 153 Å². The molecule has 4 aromatic rings. The predicted octanol–water partition coefficient (Wildman–Crippen LogP) is 1.41. The van der Waals surface area contributed by atoms with E-state index in [-0.39, 0.29) is 5.56 Å². The molecule has 134 valence electrons. The number of aromatic nitrogens is 6. The van der Waals surface area contributed by atoms with Gasteiger partial charge in [-0.25, -0.2) is 4.98 Å². The quantitative estimate of drug-likeness (QED) is 0.547. The largest absolute Gasteiger partial charge is 0.372 e. The van der Waals surface area contributed by atoms with Crippen LogP contribution in [0.4, 0.5) is 0 Å². The summed E-state index contributed by atoms with van der Waals surface area (Å²) in [6, 6.07) is 7.37. The highest BCUT2D eigenvalue weighted by Crippen LogP contribution is 2.51. The fraction of sp³-hybridized carbons (Fsp3) is 0.278. The lowest BCUT2D eigenvalue weighted by molar-refractivity contribution is 0.0736. The topological polar surface area (TPSA) is 103 Å². The summed E-state index contributed by atoms with van der Waals surface area (Å²) >= 11 is 0. The average Bonchev–Trinajstić information content (AvgIpc) is 3.17. The van der Waals surface area contributed by atoms with Gasteiger partial charge in [-0.05, 0) is 25.0 Å². The molecular formula is C18H15N7O2. The van der Waals surface area contributed by atoms with Gasteiger partial charge in [-0.1, -0.05) is 17.3 Å². The minimum atomic E-state index is -0.583. The second kappa shape index (κ2) is 5.25. The van der Waals surface area contributed by atoms with Crippen molar-refractivity contribution in [2.75, 3.05) is 7.11 Å². The van der Waals surface area contributed by atoms with Crippen LogP contribution >= 0.6 is 0 Å². The van der Waals surface area contributed by atoms with Gasteiger partial charge in [-0.2, -0.15) is 5.26 Å². The van der Waals surface area contributed by atoms with Gasteiger partial charge in [0.2, 0.25) is 6.19 Å². The van der Waals surface area contributed by atoms with Crippen molar-refractivity contribution in [2.24, 2.45) is 7.05 Å². The fourth-order valence-electron chi connectivity index (χ4n) is 3.72. The monoisotopic (exact) mass is 361 g/mol. The Morgan fingerprint density at radius 1 is 1.26 bits per heavy atom. The molecule has 0 saturated heterocycles. The molecule has 9 heteroatoms. The van der Waals surface area contributed by atoms with E-state index in [9.17, 15) is 10.1 Å². The maximum absolute atomic E-state index is 12.8. The Hall–Kier alpha value is -3.51. The van der Waals surface area contributed by atoms with Crippen molar-refractivity contribution in [2.45, 2.75) is 18.4 Å². The maximum atomic E-state index is 12.8. The maximum Gasteiger partial charge on any atom is 0.261 e. The SMILES string of the molecule is COC1(c2c(-c3ncn4c5ccccc5c(=O)n(C)c34)nnn2C#N)CC1. The molecule has 0 unspecified atom stereocenters. The van der Waals surface area contributed by atoms with Crippen molar-refractivity contribution < 1.29 is 4.74 Å². The first-order valence-electron chi connectivity index (χ1n) is 8.48. The number of methoxy groups -OCH3 is 1. The van der Waals surface area contributed by atoms with Crippen LogP contribution in [0, 0.1) is 11.5 Å². The summed E-state index contributed by atoms with van der Waals surface area (Å²) in [6.07, 6.45) is 5.24. The first kappa shape index (κ1) is 15.7. The Morgan fingerprint density at radius 3 is 2.74 bits per heavy atom. The fourth-order valence-corrected chi connectivity index (χ4v) is 3.72. The minimum absolute atomic E-state index is 0.123. The van der Waals surface area contributed by atoms with E-state index in [2.05, 4.69) is 15.3 Å². The zero-order valence-electron chi connectivity index (χ0n) is 14.7. The standard InChI is InChI=1S/C18H15N7O2/c1-23-16-14(13-15(18(27-2)7-8-18)25(9-19)22-21-13)20-10-24(16)12-6-4-3-5-11(12)17(23)26/h3-6,10H,7-8H2,1-2H3. The highest BCUT2D eigenvalue weighted by molar-refractivity contribution is 5.85. The van der Waals surface area contributed by atoms with Crippen LogP contribution in [0.1, 0.15) is 18.5 Å². The van der Waals surface area contributed by atoms with E-state index in [4.69, 9.17) is 4.74 Å². The van der Waals surface area contributed by atoms with E-state index in [1.165, 1.54) is 4.68 Å². The number of hydrogen-bond donors (Lipinski definition) is 0. The second-order valence-corrected chi connectivity index (χ2v) is 6.66. The Morgan fingerprint density at radius 2 is 2.04 bits per heavy atom. The number of aryl methyl sites for hydroxylation is 1. The summed E-state index contributed by atoms with van der Waals surface area (Å²) in [6.45, 7) is 0. The lowest BCUT2D eigenvalue weighted by Crippen LogP contribution is -2.20. The van der Waals surface area contributed by atoms with E-state index in [1.807, 2.05) is 28.8 Å². The molecule has 5 rings (SSSR count). The molecule has 0 bridgehead atoms. The molecule has 1 aliphatic carbocycles. The van der Waals surface area contributed by atoms with Crippen molar-refractivity contribution in [3.63, 3.8) is 0 Å². The first-order chi connectivity index (χ1) is 13.1. The molecule has 0 atom stereocenters. The van der Waals surface area contributed by atoms with Gasteiger partial charge < -0.3 is 4.74 Å². The van der Waals surface area contributed by atoms with E-state index in [0.717, 1.165) is 18.4 Å². The number of benzene rings is 1. The van der Waals surface area contributed by atoms with Crippen molar-refractivity contribution in [1.29, 1.82) is 5.26 Å². The Balaban J connectivity index is 1.88. The third kappa shape index (κ3) is 1.96. The molecule has 3 aromatic heterocycles. The third-order valence-corrected chi connectivity index (χ3v) is 5.27. The van der Waals surface area contributed by atoms with Crippen LogP contribution in [-0.2, 0) is 17.4 Å². The molecule has 27 heavy (non-hydrogen) atoms. The molecule has 0 amide bonds. The average molecular weight is 361 g/mol. The number of imidazole rings is 1. The molecule has 3 heterocycles. The molecule has 1 saturated carbocycles. The summed E-state index contributed by atoms with van der Waals surface area (Å²) in [5.74, 6) is 0. The lowest BCUT2D eigenvalue weighted by Gasteiger charge is -2.13. The van der Waals surface area contributed by atoms with E-state index in [1.54, 1.807) is 31.1 Å². The van der Waals surface area contributed by atoms with Crippen molar-refractivity contribution in [3.05, 3.63) is 46.6 Å². The van der Waals surface area contributed by atoms with E-state index >= 15 is 0 Å². The van der Waals surface area contributed by atoms with Gasteiger partial charge in [0.15, 0.2) is 0 Å².